The van der Waals surface area contributed by atoms with Gasteiger partial charge in [0, 0.05) is 6.42 Å². The van der Waals surface area contributed by atoms with E-state index in [2.05, 4.69) is 5.92 Å². The van der Waals surface area contributed by atoms with E-state index in [1.807, 2.05) is 13.0 Å². The smallest absolute Gasteiger partial charge is 0.114 e. The molecule has 2 N–H and O–H groups in total. The maximum atomic E-state index is 10.1. The maximum Gasteiger partial charge on any atom is 0.114 e. The molecular weight excluding hydrogens is 244 g/mol. The lowest BCUT2D eigenvalue weighted by Gasteiger charge is -2.25. The van der Waals surface area contributed by atoms with E-state index in [0.717, 1.165) is 6.42 Å². The molecule has 2 rings (SSSR count). The molecule has 1 unspecified atom stereocenters. The fourth-order valence-corrected chi connectivity index (χ4v) is 2.49. The molecule has 104 valence electrons. The fraction of sp³-hybridized carbons (Fsp3) is 0.600. The standard InChI is InChI=1S/C15H20O4/c1-3-5-6-12(17)15-14-9-13(19-15)11(16)8-7-10(4-2)18-14/h1,5-8,10-17H,4,9H2,2H3/b6-5+,8-7-/t10-,11-,12?,13-,14-,15-/m1/s1. The normalized spacial score (nSPS) is 41.5. The average Bonchev–Trinajstić information content (AvgIpc) is 2.84. The van der Waals surface area contributed by atoms with E-state index < -0.39 is 18.3 Å². The van der Waals surface area contributed by atoms with Crippen molar-refractivity contribution in [2.45, 2.75) is 56.4 Å². The minimum atomic E-state index is -0.825. The van der Waals surface area contributed by atoms with Crippen molar-refractivity contribution < 1.29 is 19.7 Å². The summed E-state index contributed by atoms with van der Waals surface area (Å²) in [4.78, 5) is 0. The van der Waals surface area contributed by atoms with Crippen LogP contribution in [0.25, 0.3) is 0 Å². The molecule has 0 aromatic carbocycles. The molecule has 1 saturated heterocycles. The first kappa shape index (κ1) is 14.3. The molecule has 6 atom stereocenters. The predicted molar refractivity (Wildman–Crippen MR) is 71.4 cm³/mol. The Kier molecular flexibility index (Phi) is 4.78. The van der Waals surface area contributed by atoms with Crippen LogP contribution in [0.15, 0.2) is 24.3 Å². The summed E-state index contributed by atoms with van der Waals surface area (Å²) in [7, 11) is 0. The fourth-order valence-electron chi connectivity index (χ4n) is 2.49. The van der Waals surface area contributed by atoms with Gasteiger partial charge >= 0.3 is 0 Å². The molecular formula is C15H20O4. The highest BCUT2D eigenvalue weighted by Crippen LogP contribution is 2.31. The van der Waals surface area contributed by atoms with Crippen molar-refractivity contribution in [2.75, 3.05) is 0 Å². The molecule has 2 heterocycles. The second kappa shape index (κ2) is 6.36. The number of aliphatic hydroxyl groups is 2. The molecule has 2 aliphatic rings. The summed E-state index contributed by atoms with van der Waals surface area (Å²) < 4.78 is 11.6. The van der Waals surface area contributed by atoms with Crippen molar-refractivity contribution in [3.8, 4) is 12.3 Å². The summed E-state index contributed by atoms with van der Waals surface area (Å²) in [6.07, 6.45) is 10.5. The first-order valence-electron chi connectivity index (χ1n) is 6.64. The van der Waals surface area contributed by atoms with Crippen molar-refractivity contribution in [2.24, 2.45) is 0 Å². The van der Waals surface area contributed by atoms with Gasteiger partial charge in [-0.15, -0.1) is 6.42 Å². The van der Waals surface area contributed by atoms with Gasteiger partial charge in [-0.1, -0.05) is 25.0 Å². The van der Waals surface area contributed by atoms with Crippen LogP contribution in [-0.4, -0.2) is 46.8 Å². The van der Waals surface area contributed by atoms with Crippen LogP contribution in [0.4, 0.5) is 0 Å². The molecule has 0 spiro atoms. The van der Waals surface area contributed by atoms with Gasteiger partial charge in [-0.25, -0.2) is 0 Å². The van der Waals surface area contributed by atoms with Gasteiger partial charge in [-0.3, -0.25) is 0 Å². The number of aliphatic hydroxyl groups excluding tert-OH is 2. The molecule has 0 aromatic heterocycles. The topological polar surface area (TPSA) is 58.9 Å². The molecule has 0 aromatic rings. The molecule has 19 heavy (non-hydrogen) atoms. The predicted octanol–water partition coefficient (Wildman–Crippen LogP) is 0.789. The molecule has 4 heteroatoms. The molecule has 2 bridgehead atoms. The summed E-state index contributed by atoms with van der Waals surface area (Å²) in [5.41, 5.74) is 0. The van der Waals surface area contributed by atoms with E-state index in [1.165, 1.54) is 12.2 Å². The van der Waals surface area contributed by atoms with Crippen LogP contribution in [0.5, 0.6) is 0 Å². The van der Waals surface area contributed by atoms with E-state index in [9.17, 15) is 10.2 Å². The Hall–Kier alpha value is -1.12. The minimum absolute atomic E-state index is 0.0615. The number of allylic oxidation sites excluding steroid dienone is 1. The highest BCUT2D eigenvalue weighted by molar-refractivity contribution is 5.13. The first-order valence-corrected chi connectivity index (χ1v) is 6.64. The minimum Gasteiger partial charge on any atom is -0.386 e. The number of terminal acetylenes is 1. The van der Waals surface area contributed by atoms with Crippen LogP contribution in [0.1, 0.15) is 19.8 Å². The third-order valence-electron chi connectivity index (χ3n) is 3.55. The highest BCUT2D eigenvalue weighted by Gasteiger charge is 2.43. The average molecular weight is 264 g/mol. The van der Waals surface area contributed by atoms with Crippen molar-refractivity contribution in [3.05, 3.63) is 24.3 Å². The largest absolute Gasteiger partial charge is 0.386 e. The monoisotopic (exact) mass is 264 g/mol. The van der Waals surface area contributed by atoms with Crippen molar-refractivity contribution in [1.29, 1.82) is 0 Å². The van der Waals surface area contributed by atoms with Gasteiger partial charge in [-0.05, 0) is 18.6 Å². The SMILES string of the molecule is C#C/C=C/C(O)[C@H]1O[C@@H]2C[C@H]1O[C@H](CC)/C=C\[C@H]2O. The van der Waals surface area contributed by atoms with Gasteiger partial charge in [0.25, 0.3) is 0 Å². The number of hydrogen-bond donors (Lipinski definition) is 2. The van der Waals surface area contributed by atoms with E-state index in [-0.39, 0.29) is 18.3 Å². The summed E-state index contributed by atoms with van der Waals surface area (Å²) in [6, 6.07) is 0. The quantitative estimate of drug-likeness (QED) is 0.584. The summed E-state index contributed by atoms with van der Waals surface area (Å²) in [5.74, 6) is 2.34. The summed E-state index contributed by atoms with van der Waals surface area (Å²) >= 11 is 0. The van der Waals surface area contributed by atoms with Gasteiger partial charge in [-0.2, -0.15) is 0 Å². The Bertz CT molecular complexity index is 395. The zero-order valence-electron chi connectivity index (χ0n) is 11.0. The van der Waals surface area contributed by atoms with E-state index in [4.69, 9.17) is 15.9 Å². The van der Waals surface area contributed by atoms with Gasteiger partial charge in [0.15, 0.2) is 0 Å². The van der Waals surface area contributed by atoms with Crippen LogP contribution in [0, 0.1) is 12.3 Å². The Balaban J connectivity index is 2.13. The second-order valence-electron chi connectivity index (χ2n) is 4.89. The summed E-state index contributed by atoms with van der Waals surface area (Å²) in [6.45, 7) is 2.01. The van der Waals surface area contributed by atoms with Gasteiger partial charge in [0.05, 0.1) is 24.4 Å². The molecule has 0 radical (unpaired) electrons. The Labute approximate surface area is 113 Å². The van der Waals surface area contributed by atoms with Crippen LogP contribution in [0.3, 0.4) is 0 Å². The zero-order chi connectivity index (χ0) is 13.8. The van der Waals surface area contributed by atoms with Crippen LogP contribution >= 0.6 is 0 Å². The van der Waals surface area contributed by atoms with E-state index in [1.54, 1.807) is 6.08 Å². The third-order valence-corrected chi connectivity index (χ3v) is 3.55. The van der Waals surface area contributed by atoms with Crippen LogP contribution in [-0.2, 0) is 9.47 Å². The number of hydrogen-bond acceptors (Lipinski definition) is 4. The molecule has 1 fully saturated rings. The molecule has 4 nitrogen and oxygen atoms in total. The second-order valence-corrected chi connectivity index (χ2v) is 4.89. The van der Waals surface area contributed by atoms with Crippen molar-refractivity contribution >= 4 is 0 Å². The van der Waals surface area contributed by atoms with E-state index >= 15 is 0 Å². The summed E-state index contributed by atoms with van der Waals surface area (Å²) in [5, 5.41) is 20.1. The third kappa shape index (κ3) is 3.26. The molecule has 0 aliphatic carbocycles. The van der Waals surface area contributed by atoms with Gasteiger partial charge in [0.2, 0.25) is 0 Å². The number of fused-ring (bicyclic) bond motifs is 2. The first-order chi connectivity index (χ1) is 9.15. The van der Waals surface area contributed by atoms with Gasteiger partial charge in [0.1, 0.15) is 12.2 Å². The molecule has 0 amide bonds. The van der Waals surface area contributed by atoms with Crippen LogP contribution < -0.4 is 0 Å². The van der Waals surface area contributed by atoms with Crippen LogP contribution in [0.2, 0.25) is 0 Å². The highest BCUT2D eigenvalue weighted by atomic mass is 16.6. The maximum absolute atomic E-state index is 10.1. The Morgan fingerprint density at radius 2 is 2.21 bits per heavy atom. The Morgan fingerprint density at radius 1 is 1.42 bits per heavy atom. The van der Waals surface area contributed by atoms with Gasteiger partial charge < -0.3 is 19.7 Å². The van der Waals surface area contributed by atoms with E-state index in [0.29, 0.717) is 6.42 Å². The lowest BCUT2D eigenvalue weighted by Crippen LogP contribution is -2.36. The van der Waals surface area contributed by atoms with Crippen molar-refractivity contribution in [1.82, 2.24) is 0 Å². The molecule has 0 saturated carbocycles. The lowest BCUT2D eigenvalue weighted by atomic mass is 10.0. The lowest BCUT2D eigenvalue weighted by molar-refractivity contribution is -0.0886. The number of ether oxygens (including phenoxy) is 2. The number of rotatable bonds is 3. The molecule has 2 aliphatic heterocycles. The zero-order valence-corrected chi connectivity index (χ0v) is 11.0. The Morgan fingerprint density at radius 3 is 2.89 bits per heavy atom. The van der Waals surface area contributed by atoms with Crippen molar-refractivity contribution in [3.63, 3.8) is 0 Å².